The molecular formula is C21H21N5OS. The number of aromatic nitrogens is 3. The molecule has 0 radical (unpaired) electrons. The van der Waals surface area contributed by atoms with Crippen molar-refractivity contribution in [3.8, 4) is 11.8 Å². The molecule has 0 unspecified atom stereocenters. The van der Waals surface area contributed by atoms with Crippen molar-refractivity contribution in [3.63, 3.8) is 0 Å². The van der Waals surface area contributed by atoms with Crippen LogP contribution in [0.1, 0.15) is 56.2 Å². The van der Waals surface area contributed by atoms with E-state index in [1.54, 1.807) is 6.92 Å². The number of rotatable bonds is 3. The van der Waals surface area contributed by atoms with E-state index in [1.807, 2.05) is 26.0 Å². The highest BCUT2D eigenvalue weighted by molar-refractivity contribution is 7.16. The highest BCUT2D eigenvalue weighted by Gasteiger charge is 2.24. The Morgan fingerprint density at radius 3 is 2.75 bits per heavy atom. The molecule has 6 nitrogen and oxygen atoms in total. The molecule has 1 amide bonds. The van der Waals surface area contributed by atoms with Crippen molar-refractivity contribution in [1.82, 2.24) is 15.0 Å². The van der Waals surface area contributed by atoms with Gasteiger partial charge in [0, 0.05) is 4.88 Å². The summed E-state index contributed by atoms with van der Waals surface area (Å²) in [7, 11) is 0. The van der Waals surface area contributed by atoms with Crippen LogP contribution >= 0.6 is 11.3 Å². The third-order valence-electron chi connectivity index (χ3n) is 5.08. The summed E-state index contributed by atoms with van der Waals surface area (Å²) in [4.78, 5) is 15.6. The fraction of sp³-hybridized carbons (Fsp3) is 0.333. The summed E-state index contributed by atoms with van der Waals surface area (Å²) in [6, 6.07) is 8.28. The van der Waals surface area contributed by atoms with Crippen LogP contribution in [-0.2, 0) is 12.8 Å². The Kier molecular flexibility index (Phi) is 4.73. The predicted molar refractivity (Wildman–Crippen MR) is 109 cm³/mol. The first kappa shape index (κ1) is 18.4. The van der Waals surface area contributed by atoms with E-state index in [1.165, 1.54) is 21.0 Å². The number of nitriles is 1. The topological polar surface area (TPSA) is 83.6 Å². The standard InChI is InChI=1S/C21H21N5OS/c1-12-8-9-17(13(2)10-12)26-24-14(3)19(25-26)20(27)23-21-16(11-22)15-6-4-5-7-18(15)28-21/h8-10H,4-7H2,1-3H3,(H,23,27). The molecule has 2 aromatic heterocycles. The number of hydrogen-bond donors (Lipinski definition) is 1. The third-order valence-corrected chi connectivity index (χ3v) is 6.28. The van der Waals surface area contributed by atoms with Gasteiger partial charge < -0.3 is 5.32 Å². The Morgan fingerprint density at radius 1 is 1.21 bits per heavy atom. The second kappa shape index (κ2) is 7.21. The fourth-order valence-electron chi connectivity index (χ4n) is 3.66. The van der Waals surface area contributed by atoms with E-state index in [0.29, 0.717) is 16.3 Å². The third kappa shape index (κ3) is 3.20. The second-order valence-electron chi connectivity index (χ2n) is 7.19. The van der Waals surface area contributed by atoms with Gasteiger partial charge in [-0.3, -0.25) is 4.79 Å². The van der Waals surface area contributed by atoms with Crippen molar-refractivity contribution in [2.75, 3.05) is 5.32 Å². The van der Waals surface area contributed by atoms with Crippen LogP contribution in [0.2, 0.25) is 0 Å². The summed E-state index contributed by atoms with van der Waals surface area (Å²) in [6.07, 6.45) is 4.11. The number of nitrogens with zero attached hydrogens (tertiary/aromatic N) is 4. The van der Waals surface area contributed by atoms with Crippen molar-refractivity contribution < 1.29 is 4.79 Å². The van der Waals surface area contributed by atoms with Gasteiger partial charge in [0.1, 0.15) is 11.1 Å². The highest BCUT2D eigenvalue weighted by Crippen LogP contribution is 2.37. The largest absolute Gasteiger partial charge is 0.311 e. The lowest BCUT2D eigenvalue weighted by molar-refractivity contribution is 0.102. The Morgan fingerprint density at radius 2 is 2.00 bits per heavy atom. The van der Waals surface area contributed by atoms with Crippen molar-refractivity contribution in [3.05, 3.63) is 56.7 Å². The van der Waals surface area contributed by atoms with E-state index in [4.69, 9.17) is 0 Å². The van der Waals surface area contributed by atoms with Crippen molar-refractivity contribution in [2.24, 2.45) is 0 Å². The normalized spacial score (nSPS) is 13.1. The molecule has 0 saturated carbocycles. The van der Waals surface area contributed by atoms with Gasteiger partial charge in [0.05, 0.1) is 16.9 Å². The van der Waals surface area contributed by atoms with Crippen LogP contribution in [0.15, 0.2) is 18.2 Å². The molecule has 2 heterocycles. The SMILES string of the molecule is Cc1ccc(-n2nc(C)c(C(=O)Nc3sc4c(c3C#N)CCCC4)n2)c(C)c1. The van der Waals surface area contributed by atoms with Crippen LogP contribution in [-0.4, -0.2) is 20.9 Å². The van der Waals surface area contributed by atoms with E-state index >= 15 is 0 Å². The Labute approximate surface area is 167 Å². The zero-order chi connectivity index (χ0) is 19.8. The first-order valence-corrected chi connectivity index (χ1v) is 10.2. The Hall–Kier alpha value is -2.98. The number of amides is 1. The van der Waals surface area contributed by atoms with E-state index in [-0.39, 0.29) is 11.6 Å². The molecule has 4 rings (SSSR count). The molecule has 0 atom stereocenters. The van der Waals surface area contributed by atoms with Crippen LogP contribution in [0, 0.1) is 32.1 Å². The minimum absolute atomic E-state index is 0.273. The molecule has 0 saturated heterocycles. The smallest absolute Gasteiger partial charge is 0.278 e. The lowest BCUT2D eigenvalue weighted by atomic mass is 9.96. The lowest BCUT2D eigenvalue weighted by Gasteiger charge is -2.09. The first-order valence-electron chi connectivity index (χ1n) is 9.35. The molecule has 3 aromatic rings. The van der Waals surface area contributed by atoms with Gasteiger partial charge >= 0.3 is 0 Å². The molecule has 1 aliphatic rings. The van der Waals surface area contributed by atoms with Gasteiger partial charge in [0.25, 0.3) is 5.91 Å². The van der Waals surface area contributed by atoms with Gasteiger partial charge in [-0.15, -0.1) is 16.4 Å². The number of anilines is 1. The summed E-state index contributed by atoms with van der Waals surface area (Å²) in [6.45, 7) is 5.80. The van der Waals surface area contributed by atoms with Crippen LogP contribution in [0.4, 0.5) is 5.00 Å². The van der Waals surface area contributed by atoms with E-state index in [9.17, 15) is 10.1 Å². The number of carbonyl (C=O) groups is 1. The second-order valence-corrected chi connectivity index (χ2v) is 8.30. The van der Waals surface area contributed by atoms with Crippen LogP contribution < -0.4 is 5.32 Å². The summed E-state index contributed by atoms with van der Waals surface area (Å²) in [5, 5.41) is 22.0. The molecule has 0 aliphatic heterocycles. The minimum atomic E-state index is -0.330. The van der Waals surface area contributed by atoms with E-state index < -0.39 is 0 Å². The lowest BCUT2D eigenvalue weighted by Crippen LogP contribution is -2.14. The van der Waals surface area contributed by atoms with Gasteiger partial charge in [0.15, 0.2) is 5.69 Å². The first-order chi connectivity index (χ1) is 13.5. The maximum atomic E-state index is 12.9. The zero-order valence-corrected chi connectivity index (χ0v) is 17.0. The fourth-order valence-corrected chi connectivity index (χ4v) is 4.90. The molecule has 1 N–H and O–H groups in total. The number of benzene rings is 1. The van der Waals surface area contributed by atoms with Gasteiger partial charge in [-0.25, -0.2) is 0 Å². The highest BCUT2D eigenvalue weighted by atomic mass is 32.1. The molecule has 0 bridgehead atoms. The van der Waals surface area contributed by atoms with Gasteiger partial charge in [-0.05, 0) is 63.6 Å². The molecule has 142 valence electrons. The number of nitrogens with one attached hydrogen (secondary N) is 1. The van der Waals surface area contributed by atoms with Gasteiger partial charge in [0.2, 0.25) is 0 Å². The van der Waals surface area contributed by atoms with Crippen LogP contribution in [0.3, 0.4) is 0 Å². The Bertz CT molecular complexity index is 1120. The molecular weight excluding hydrogens is 370 g/mol. The van der Waals surface area contributed by atoms with E-state index in [0.717, 1.165) is 48.1 Å². The van der Waals surface area contributed by atoms with Crippen molar-refractivity contribution in [1.29, 1.82) is 5.26 Å². The number of fused-ring (bicyclic) bond motifs is 1. The zero-order valence-electron chi connectivity index (χ0n) is 16.2. The number of carbonyl (C=O) groups excluding carboxylic acids is 1. The summed E-state index contributed by atoms with van der Waals surface area (Å²) in [5.74, 6) is -0.330. The summed E-state index contributed by atoms with van der Waals surface area (Å²) in [5.41, 5.74) is 5.58. The average Bonchev–Trinajstić information content (AvgIpc) is 3.21. The molecule has 1 aromatic carbocycles. The number of hydrogen-bond acceptors (Lipinski definition) is 5. The maximum Gasteiger partial charge on any atom is 0.278 e. The quantitative estimate of drug-likeness (QED) is 0.723. The monoisotopic (exact) mass is 391 g/mol. The van der Waals surface area contributed by atoms with Crippen LogP contribution in [0.5, 0.6) is 0 Å². The predicted octanol–water partition coefficient (Wildman–Crippen LogP) is 4.26. The maximum absolute atomic E-state index is 12.9. The molecule has 1 aliphatic carbocycles. The Balaban J connectivity index is 1.64. The number of thiophene rings is 1. The van der Waals surface area contributed by atoms with Crippen LogP contribution in [0.25, 0.3) is 5.69 Å². The molecule has 0 spiro atoms. The summed E-state index contributed by atoms with van der Waals surface area (Å²) < 4.78 is 0. The van der Waals surface area contributed by atoms with E-state index in [2.05, 4.69) is 27.6 Å². The van der Waals surface area contributed by atoms with Crippen molar-refractivity contribution in [2.45, 2.75) is 46.5 Å². The van der Waals surface area contributed by atoms with Gasteiger partial charge in [-0.2, -0.15) is 15.2 Å². The van der Waals surface area contributed by atoms with Crippen molar-refractivity contribution >= 4 is 22.2 Å². The average molecular weight is 392 g/mol. The molecule has 7 heteroatoms. The summed E-state index contributed by atoms with van der Waals surface area (Å²) >= 11 is 1.51. The minimum Gasteiger partial charge on any atom is -0.311 e. The molecule has 28 heavy (non-hydrogen) atoms. The van der Waals surface area contributed by atoms with Gasteiger partial charge in [-0.1, -0.05) is 17.7 Å². The molecule has 0 fully saturated rings. The number of aryl methyl sites for hydroxylation is 4.